The molecule has 1 heterocycles. The van der Waals surface area contributed by atoms with Crippen LogP contribution in [0, 0.1) is 5.92 Å². The quantitative estimate of drug-likeness (QED) is 0.895. The normalized spacial score (nSPS) is 19.2. The molecule has 0 bridgehead atoms. The molecule has 0 spiro atoms. The Morgan fingerprint density at radius 3 is 2.79 bits per heavy atom. The number of amides is 1. The smallest absolute Gasteiger partial charge is 0.228 e. The standard InChI is InChI=1S/C15H22N2O2/c1-17(15(18)14-7-4-8-19-11-14)10-13-6-3-2-5-12(13)9-16/h2-3,5-6,14H,4,7-11,16H2,1H3. The van der Waals surface area contributed by atoms with Crippen LogP contribution in [0.4, 0.5) is 0 Å². The third kappa shape index (κ3) is 3.55. The Bertz CT molecular complexity index is 428. The zero-order valence-corrected chi connectivity index (χ0v) is 11.5. The van der Waals surface area contributed by atoms with Gasteiger partial charge in [-0.1, -0.05) is 24.3 Å². The van der Waals surface area contributed by atoms with E-state index in [0.717, 1.165) is 30.6 Å². The molecule has 0 radical (unpaired) electrons. The largest absolute Gasteiger partial charge is 0.381 e. The number of hydrogen-bond acceptors (Lipinski definition) is 3. The summed E-state index contributed by atoms with van der Waals surface area (Å²) in [6.45, 7) is 2.46. The highest BCUT2D eigenvalue weighted by Crippen LogP contribution is 2.18. The Hall–Kier alpha value is -1.39. The number of carbonyl (C=O) groups is 1. The summed E-state index contributed by atoms with van der Waals surface area (Å²) in [7, 11) is 1.85. The van der Waals surface area contributed by atoms with E-state index < -0.39 is 0 Å². The molecule has 1 fully saturated rings. The molecular formula is C15H22N2O2. The average molecular weight is 262 g/mol. The van der Waals surface area contributed by atoms with E-state index in [0.29, 0.717) is 19.7 Å². The van der Waals surface area contributed by atoms with Crippen LogP contribution in [0.3, 0.4) is 0 Å². The third-order valence-corrected chi connectivity index (χ3v) is 3.63. The van der Waals surface area contributed by atoms with Crippen molar-refractivity contribution in [1.29, 1.82) is 0 Å². The molecule has 1 amide bonds. The maximum atomic E-state index is 12.3. The summed E-state index contributed by atoms with van der Waals surface area (Å²) in [6, 6.07) is 8.00. The van der Waals surface area contributed by atoms with Gasteiger partial charge in [-0.25, -0.2) is 0 Å². The number of rotatable bonds is 4. The molecule has 4 nitrogen and oxygen atoms in total. The number of hydrogen-bond donors (Lipinski definition) is 1. The fraction of sp³-hybridized carbons (Fsp3) is 0.533. The lowest BCUT2D eigenvalue weighted by Gasteiger charge is -2.27. The second kappa shape index (κ2) is 6.68. The minimum atomic E-state index is 0.0174. The minimum Gasteiger partial charge on any atom is -0.381 e. The Balaban J connectivity index is 1.99. The molecule has 104 valence electrons. The number of carbonyl (C=O) groups excluding carboxylic acids is 1. The van der Waals surface area contributed by atoms with Gasteiger partial charge >= 0.3 is 0 Å². The highest BCUT2D eigenvalue weighted by molar-refractivity contribution is 5.78. The zero-order chi connectivity index (χ0) is 13.7. The predicted octanol–water partition coefficient (Wildman–Crippen LogP) is 1.53. The lowest BCUT2D eigenvalue weighted by atomic mass is 10.00. The second-order valence-electron chi connectivity index (χ2n) is 5.08. The van der Waals surface area contributed by atoms with Crippen LogP contribution in [0.15, 0.2) is 24.3 Å². The molecule has 1 unspecified atom stereocenters. The van der Waals surface area contributed by atoms with Gasteiger partial charge in [-0.05, 0) is 24.0 Å². The molecule has 0 saturated carbocycles. The maximum Gasteiger partial charge on any atom is 0.228 e. The summed E-state index contributed by atoms with van der Waals surface area (Å²) in [4.78, 5) is 14.1. The molecule has 1 aliphatic heterocycles. The molecule has 2 N–H and O–H groups in total. The van der Waals surface area contributed by atoms with Crippen LogP contribution in [-0.4, -0.2) is 31.1 Å². The summed E-state index contributed by atoms with van der Waals surface area (Å²) in [5.41, 5.74) is 7.94. The van der Waals surface area contributed by atoms with Crippen LogP contribution in [0.1, 0.15) is 24.0 Å². The summed E-state index contributed by atoms with van der Waals surface area (Å²) in [5, 5.41) is 0. The maximum absolute atomic E-state index is 12.3. The first-order valence-corrected chi connectivity index (χ1v) is 6.82. The van der Waals surface area contributed by atoms with Gasteiger partial charge in [0, 0.05) is 26.7 Å². The van der Waals surface area contributed by atoms with E-state index in [9.17, 15) is 4.79 Å². The fourth-order valence-electron chi connectivity index (χ4n) is 2.49. The Labute approximate surface area is 114 Å². The van der Waals surface area contributed by atoms with Gasteiger partial charge in [0.25, 0.3) is 0 Å². The Morgan fingerprint density at radius 1 is 1.42 bits per heavy atom. The summed E-state index contributed by atoms with van der Waals surface area (Å²) in [6.07, 6.45) is 1.91. The van der Waals surface area contributed by atoms with Crippen LogP contribution in [-0.2, 0) is 22.6 Å². The molecule has 19 heavy (non-hydrogen) atoms. The zero-order valence-electron chi connectivity index (χ0n) is 11.5. The van der Waals surface area contributed by atoms with Gasteiger partial charge in [0.05, 0.1) is 12.5 Å². The first-order valence-electron chi connectivity index (χ1n) is 6.82. The number of ether oxygens (including phenoxy) is 1. The predicted molar refractivity (Wildman–Crippen MR) is 74.4 cm³/mol. The highest BCUT2D eigenvalue weighted by atomic mass is 16.5. The SMILES string of the molecule is CN(Cc1ccccc1CN)C(=O)C1CCCOC1. The molecule has 0 aromatic heterocycles. The average Bonchev–Trinajstić information content (AvgIpc) is 2.48. The first kappa shape index (κ1) is 14.0. The summed E-state index contributed by atoms with van der Waals surface area (Å²) in [5.74, 6) is 0.190. The van der Waals surface area contributed by atoms with Crippen molar-refractivity contribution in [2.24, 2.45) is 11.7 Å². The van der Waals surface area contributed by atoms with Crippen LogP contribution in [0.25, 0.3) is 0 Å². The van der Waals surface area contributed by atoms with Crippen LogP contribution < -0.4 is 5.73 Å². The topological polar surface area (TPSA) is 55.6 Å². The van der Waals surface area contributed by atoms with Crippen molar-refractivity contribution in [1.82, 2.24) is 4.90 Å². The second-order valence-corrected chi connectivity index (χ2v) is 5.08. The fourth-order valence-corrected chi connectivity index (χ4v) is 2.49. The molecule has 1 atom stereocenters. The van der Waals surface area contributed by atoms with Crippen molar-refractivity contribution in [3.05, 3.63) is 35.4 Å². The Morgan fingerprint density at radius 2 is 2.16 bits per heavy atom. The van der Waals surface area contributed by atoms with Gasteiger partial charge < -0.3 is 15.4 Å². The molecule has 4 heteroatoms. The Kier molecular flexibility index (Phi) is 4.93. The highest BCUT2D eigenvalue weighted by Gasteiger charge is 2.24. The van der Waals surface area contributed by atoms with Gasteiger partial charge in [-0.2, -0.15) is 0 Å². The first-order chi connectivity index (χ1) is 9.22. The van der Waals surface area contributed by atoms with Crippen LogP contribution >= 0.6 is 0 Å². The molecule has 1 saturated heterocycles. The van der Waals surface area contributed by atoms with Crippen molar-refractivity contribution >= 4 is 5.91 Å². The van der Waals surface area contributed by atoms with E-state index in [4.69, 9.17) is 10.5 Å². The van der Waals surface area contributed by atoms with Crippen molar-refractivity contribution < 1.29 is 9.53 Å². The monoisotopic (exact) mass is 262 g/mol. The van der Waals surface area contributed by atoms with E-state index in [1.807, 2.05) is 31.3 Å². The summed E-state index contributed by atoms with van der Waals surface area (Å²) >= 11 is 0. The summed E-state index contributed by atoms with van der Waals surface area (Å²) < 4.78 is 5.38. The molecule has 0 aliphatic carbocycles. The van der Waals surface area contributed by atoms with Gasteiger partial charge in [-0.3, -0.25) is 4.79 Å². The van der Waals surface area contributed by atoms with Gasteiger partial charge in [0.15, 0.2) is 0 Å². The van der Waals surface area contributed by atoms with E-state index in [1.54, 1.807) is 4.90 Å². The van der Waals surface area contributed by atoms with Crippen molar-refractivity contribution in [2.45, 2.75) is 25.9 Å². The molecular weight excluding hydrogens is 240 g/mol. The van der Waals surface area contributed by atoms with E-state index in [1.165, 1.54) is 0 Å². The van der Waals surface area contributed by atoms with Crippen molar-refractivity contribution in [3.63, 3.8) is 0 Å². The number of nitrogens with zero attached hydrogens (tertiary/aromatic N) is 1. The van der Waals surface area contributed by atoms with Crippen molar-refractivity contribution in [2.75, 3.05) is 20.3 Å². The minimum absolute atomic E-state index is 0.0174. The van der Waals surface area contributed by atoms with E-state index in [2.05, 4.69) is 0 Å². The van der Waals surface area contributed by atoms with Gasteiger partial charge in [0.2, 0.25) is 5.91 Å². The van der Waals surface area contributed by atoms with Crippen LogP contribution in [0.2, 0.25) is 0 Å². The molecule has 1 aromatic rings. The lowest BCUT2D eigenvalue weighted by molar-refractivity contribution is -0.138. The van der Waals surface area contributed by atoms with Crippen LogP contribution in [0.5, 0.6) is 0 Å². The van der Waals surface area contributed by atoms with E-state index in [-0.39, 0.29) is 11.8 Å². The van der Waals surface area contributed by atoms with Crippen molar-refractivity contribution in [3.8, 4) is 0 Å². The molecule has 1 aliphatic rings. The van der Waals surface area contributed by atoms with Gasteiger partial charge in [0.1, 0.15) is 0 Å². The number of benzene rings is 1. The van der Waals surface area contributed by atoms with Gasteiger partial charge in [-0.15, -0.1) is 0 Å². The lowest BCUT2D eigenvalue weighted by Crippen LogP contribution is -2.36. The van der Waals surface area contributed by atoms with E-state index >= 15 is 0 Å². The number of nitrogens with two attached hydrogens (primary N) is 1. The third-order valence-electron chi connectivity index (χ3n) is 3.63. The molecule has 2 rings (SSSR count). The molecule has 1 aromatic carbocycles.